The molecule has 1 aliphatic heterocycles. The Morgan fingerprint density at radius 3 is 2.48 bits per heavy atom. The highest BCUT2D eigenvalue weighted by Gasteiger charge is 2.32. The minimum atomic E-state index is -4.14. The molecule has 0 radical (unpaired) electrons. The standard InChI is InChI=1S/C13H14Cl2FNO3S/c1-7-3-8(2)17(6-7)13(18)10-4-9(21(15,19)20)5-11(16)12(10)14/h4-5,7-8H,3,6H2,1-2H3. The normalized spacial score (nSPS) is 22.6. The maximum atomic E-state index is 13.8. The van der Waals surface area contributed by atoms with E-state index in [1.807, 2.05) is 13.8 Å². The first-order chi connectivity index (χ1) is 9.61. The average Bonchev–Trinajstić information content (AvgIpc) is 2.69. The predicted molar refractivity (Wildman–Crippen MR) is 78.7 cm³/mol. The molecular formula is C13H14Cl2FNO3S. The summed E-state index contributed by atoms with van der Waals surface area (Å²) < 4.78 is 36.4. The number of carbonyl (C=O) groups excluding carboxylic acids is 1. The Kier molecular flexibility index (Phi) is 4.52. The van der Waals surface area contributed by atoms with Crippen molar-refractivity contribution >= 4 is 37.2 Å². The number of halogens is 3. The van der Waals surface area contributed by atoms with E-state index in [0.29, 0.717) is 18.5 Å². The van der Waals surface area contributed by atoms with Gasteiger partial charge in [0.1, 0.15) is 5.82 Å². The van der Waals surface area contributed by atoms with Crippen LogP contribution < -0.4 is 0 Å². The van der Waals surface area contributed by atoms with Gasteiger partial charge in [-0.1, -0.05) is 18.5 Å². The third kappa shape index (κ3) is 3.33. The highest BCUT2D eigenvalue weighted by atomic mass is 35.7. The highest BCUT2D eigenvalue weighted by molar-refractivity contribution is 8.13. The summed E-state index contributed by atoms with van der Waals surface area (Å²) in [5, 5.41) is -0.393. The zero-order valence-corrected chi connectivity index (χ0v) is 13.8. The van der Waals surface area contributed by atoms with Crippen LogP contribution in [0.3, 0.4) is 0 Å². The Hall–Kier alpha value is -0.850. The third-order valence-corrected chi connectivity index (χ3v) is 5.28. The van der Waals surface area contributed by atoms with Gasteiger partial charge in [0.15, 0.2) is 0 Å². The summed E-state index contributed by atoms with van der Waals surface area (Å²) in [6.07, 6.45) is 0.833. The van der Waals surface area contributed by atoms with Crippen LogP contribution in [-0.4, -0.2) is 31.8 Å². The fraction of sp³-hybridized carbons (Fsp3) is 0.462. The second-order valence-electron chi connectivity index (χ2n) is 5.35. The minimum Gasteiger partial charge on any atom is -0.336 e. The average molecular weight is 354 g/mol. The van der Waals surface area contributed by atoms with Gasteiger partial charge in [-0.3, -0.25) is 4.79 Å². The number of carbonyl (C=O) groups is 1. The second kappa shape index (κ2) is 5.74. The van der Waals surface area contributed by atoms with E-state index >= 15 is 0 Å². The van der Waals surface area contributed by atoms with E-state index in [9.17, 15) is 17.6 Å². The molecule has 21 heavy (non-hydrogen) atoms. The van der Waals surface area contributed by atoms with Crippen LogP contribution in [0.25, 0.3) is 0 Å². The van der Waals surface area contributed by atoms with Crippen LogP contribution in [0.5, 0.6) is 0 Å². The second-order valence-corrected chi connectivity index (χ2v) is 8.30. The molecule has 1 heterocycles. The van der Waals surface area contributed by atoms with Crippen LogP contribution in [-0.2, 0) is 9.05 Å². The summed E-state index contributed by atoms with van der Waals surface area (Å²) in [4.78, 5) is 13.6. The van der Waals surface area contributed by atoms with Gasteiger partial charge in [-0.05, 0) is 31.4 Å². The van der Waals surface area contributed by atoms with E-state index < -0.39 is 30.7 Å². The predicted octanol–water partition coefficient (Wildman–Crippen LogP) is 3.28. The molecule has 2 unspecified atom stereocenters. The molecule has 2 atom stereocenters. The maximum absolute atomic E-state index is 13.8. The van der Waals surface area contributed by atoms with Gasteiger partial charge in [-0.2, -0.15) is 0 Å². The number of likely N-dealkylation sites (tertiary alicyclic amines) is 1. The molecule has 1 aromatic rings. The largest absolute Gasteiger partial charge is 0.336 e. The zero-order valence-electron chi connectivity index (χ0n) is 11.4. The van der Waals surface area contributed by atoms with E-state index in [1.54, 1.807) is 4.90 Å². The van der Waals surface area contributed by atoms with Crippen LogP contribution in [0.2, 0.25) is 5.02 Å². The molecule has 8 heteroatoms. The first kappa shape index (κ1) is 16.5. The molecule has 0 aliphatic carbocycles. The summed E-state index contributed by atoms with van der Waals surface area (Å²) >= 11 is 5.81. The smallest absolute Gasteiger partial charge is 0.261 e. The van der Waals surface area contributed by atoms with Crippen molar-refractivity contribution in [2.45, 2.75) is 31.2 Å². The summed E-state index contributed by atoms with van der Waals surface area (Å²) in [7, 11) is 1.07. The van der Waals surface area contributed by atoms with Crippen molar-refractivity contribution in [1.29, 1.82) is 0 Å². The van der Waals surface area contributed by atoms with Gasteiger partial charge in [-0.25, -0.2) is 12.8 Å². The Balaban J connectivity index is 2.48. The molecule has 0 spiro atoms. The lowest BCUT2D eigenvalue weighted by Crippen LogP contribution is -2.34. The quantitative estimate of drug-likeness (QED) is 0.766. The van der Waals surface area contributed by atoms with E-state index in [4.69, 9.17) is 22.3 Å². The van der Waals surface area contributed by atoms with Crippen LogP contribution in [0, 0.1) is 11.7 Å². The number of amides is 1. The van der Waals surface area contributed by atoms with Crippen LogP contribution in [0.15, 0.2) is 17.0 Å². The summed E-state index contributed by atoms with van der Waals surface area (Å²) in [6, 6.07) is 1.71. The van der Waals surface area contributed by atoms with Crippen LogP contribution >= 0.6 is 22.3 Å². The Morgan fingerprint density at radius 1 is 1.38 bits per heavy atom. The zero-order chi connectivity index (χ0) is 15.9. The van der Waals surface area contributed by atoms with Gasteiger partial charge in [0, 0.05) is 23.3 Å². The van der Waals surface area contributed by atoms with Crippen LogP contribution in [0.1, 0.15) is 30.6 Å². The molecule has 2 rings (SSSR count). The van der Waals surface area contributed by atoms with Gasteiger partial charge in [0.2, 0.25) is 0 Å². The van der Waals surface area contributed by atoms with Crippen molar-refractivity contribution in [2.75, 3.05) is 6.54 Å². The van der Waals surface area contributed by atoms with E-state index in [0.717, 1.165) is 12.5 Å². The van der Waals surface area contributed by atoms with Crippen LogP contribution in [0.4, 0.5) is 4.39 Å². The van der Waals surface area contributed by atoms with Crippen molar-refractivity contribution in [1.82, 2.24) is 4.90 Å². The number of rotatable bonds is 2. The topological polar surface area (TPSA) is 54.5 Å². The number of hydrogen-bond acceptors (Lipinski definition) is 3. The molecule has 1 saturated heterocycles. The van der Waals surface area contributed by atoms with Crippen molar-refractivity contribution < 1.29 is 17.6 Å². The molecule has 1 aliphatic rings. The van der Waals surface area contributed by atoms with E-state index in [1.165, 1.54) is 0 Å². The molecule has 1 amide bonds. The molecule has 1 fully saturated rings. The Bertz CT molecular complexity index is 693. The van der Waals surface area contributed by atoms with Gasteiger partial charge in [-0.15, -0.1) is 0 Å². The number of benzene rings is 1. The van der Waals surface area contributed by atoms with E-state index in [-0.39, 0.29) is 11.6 Å². The highest BCUT2D eigenvalue weighted by Crippen LogP contribution is 2.30. The fourth-order valence-electron chi connectivity index (χ4n) is 2.60. The molecule has 0 bridgehead atoms. The first-order valence-electron chi connectivity index (χ1n) is 6.36. The molecule has 116 valence electrons. The van der Waals surface area contributed by atoms with Gasteiger partial charge >= 0.3 is 0 Å². The summed E-state index contributed by atoms with van der Waals surface area (Å²) in [5.41, 5.74) is -0.183. The molecule has 0 aromatic heterocycles. The molecule has 0 N–H and O–H groups in total. The lowest BCUT2D eigenvalue weighted by atomic mass is 10.1. The van der Waals surface area contributed by atoms with Crippen molar-refractivity contribution in [2.24, 2.45) is 5.92 Å². The van der Waals surface area contributed by atoms with Crippen molar-refractivity contribution in [3.8, 4) is 0 Å². The molecule has 0 saturated carbocycles. The number of hydrogen-bond donors (Lipinski definition) is 0. The summed E-state index contributed by atoms with van der Waals surface area (Å²) in [6.45, 7) is 4.41. The molecular weight excluding hydrogens is 340 g/mol. The van der Waals surface area contributed by atoms with Gasteiger partial charge < -0.3 is 4.90 Å². The maximum Gasteiger partial charge on any atom is 0.261 e. The fourth-order valence-corrected chi connectivity index (χ4v) is 3.56. The molecule has 1 aromatic carbocycles. The summed E-state index contributed by atoms with van der Waals surface area (Å²) in [5.74, 6) is -1.15. The SMILES string of the molecule is CC1CC(C)N(C(=O)c2cc(S(=O)(=O)Cl)cc(F)c2Cl)C1. The van der Waals surface area contributed by atoms with Gasteiger partial charge in [0.25, 0.3) is 15.0 Å². The van der Waals surface area contributed by atoms with E-state index in [2.05, 4.69) is 0 Å². The Labute approximate surface area is 132 Å². The van der Waals surface area contributed by atoms with Gasteiger partial charge in [0.05, 0.1) is 15.5 Å². The van der Waals surface area contributed by atoms with Crippen molar-refractivity contribution in [3.63, 3.8) is 0 Å². The number of nitrogens with zero attached hydrogens (tertiary/aromatic N) is 1. The van der Waals surface area contributed by atoms with Crippen molar-refractivity contribution in [3.05, 3.63) is 28.5 Å². The lowest BCUT2D eigenvalue weighted by molar-refractivity contribution is 0.0743. The third-order valence-electron chi connectivity index (χ3n) is 3.56. The monoisotopic (exact) mass is 353 g/mol. The lowest BCUT2D eigenvalue weighted by Gasteiger charge is -2.22. The Morgan fingerprint density at radius 2 is 2.00 bits per heavy atom. The molecule has 4 nitrogen and oxygen atoms in total. The first-order valence-corrected chi connectivity index (χ1v) is 9.04. The minimum absolute atomic E-state index is 0.0112.